The highest BCUT2D eigenvalue weighted by atomic mass is 127. The summed E-state index contributed by atoms with van der Waals surface area (Å²) >= 11 is 0. The Hall–Kier alpha value is -0.250. The van der Waals surface area contributed by atoms with Crippen LogP contribution in [0.4, 0.5) is 13.2 Å². The number of ether oxygens (including phenoxy) is 1. The molecule has 0 aromatic heterocycles. The molecule has 0 radical (unpaired) electrons. The number of nitrogens with zero attached hydrogens (tertiary/aromatic N) is 1. The molecule has 2 saturated carbocycles. The first-order chi connectivity index (χ1) is 11.7. The Bertz CT molecular complexity index is 512. The zero-order valence-corrected chi connectivity index (χ0v) is 18.1. The maximum atomic E-state index is 13.0. The van der Waals surface area contributed by atoms with Gasteiger partial charge in [0.15, 0.2) is 5.96 Å². The first-order valence-electron chi connectivity index (χ1n) is 9.41. The van der Waals surface area contributed by atoms with Crippen LogP contribution in [0, 0.1) is 17.3 Å². The molecule has 8 heteroatoms. The largest absolute Gasteiger partial charge is 0.391 e. The van der Waals surface area contributed by atoms with Crippen LogP contribution in [0.2, 0.25) is 0 Å². The van der Waals surface area contributed by atoms with Gasteiger partial charge in [-0.25, -0.2) is 0 Å². The molecule has 1 saturated heterocycles. The van der Waals surface area contributed by atoms with Crippen LogP contribution in [0.15, 0.2) is 4.99 Å². The third-order valence-corrected chi connectivity index (χ3v) is 6.32. The van der Waals surface area contributed by atoms with Crippen LogP contribution in [-0.2, 0) is 4.74 Å². The van der Waals surface area contributed by atoms with E-state index in [2.05, 4.69) is 29.5 Å². The van der Waals surface area contributed by atoms with Crippen LogP contribution < -0.4 is 10.6 Å². The maximum absolute atomic E-state index is 13.0. The van der Waals surface area contributed by atoms with Gasteiger partial charge in [-0.05, 0) is 32.1 Å². The monoisotopic (exact) mass is 489 g/mol. The van der Waals surface area contributed by atoms with Gasteiger partial charge in [0.2, 0.25) is 0 Å². The molecule has 1 heterocycles. The molecule has 5 unspecified atom stereocenters. The lowest BCUT2D eigenvalue weighted by atomic mass is 9.55. The summed E-state index contributed by atoms with van der Waals surface area (Å²) in [4.78, 5) is 4.27. The Morgan fingerprint density at radius 3 is 2.50 bits per heavy atom. The van der Waals surface area contributed by atoms with E-state index in [1.165, 1.54) is 0 Å². The number of aliphatic imine (C=N–C) groups is 1. The van der Waals surface area contributed by atoms with Crippen molar-refractivity contribution in [2.24, 2.45) is 22.2 Å². The van der Waals surface area contributed by atoms with Crippen molar-refractivity contribution in [2.45, 2.75) is 76.7 Å². The van der Waals surface area contributed by atoms with Crippen LogP contribution in [0.1, 0.15) is 52.4 Å². The molecule has 152 valence electrons. The van der Waals surface area contributed by atoms with Gasteiger partial charge < -0.3 is 15.4 Å². The van der Waals surface area contributed by atoms with E-state index in [0.717, 1.165) is 25.9 Å². The van der Waals surface area contributed by atoms with Crippen molar-refractivity contribution in [1.29, 1.82) is 0 Å². The molecule has 0 spiro atoms. The topological polar surface area (TPSA) is 45.7 Å². The van der Waals surface area contributed by atoms with Crippen LogP contribution in [0.5, 0.6) is 0 Å². The molecule has 0 aromatic carbocycles. The summed E-state index contributed by atoms with van der Waals surface area (Å²) in [7, 11) is 1.68. The lowest BCUT2D eigenvalue weighted by Gasteiger charge is -2.60. The number of hydrogen-bond donors (Lipinski definition) is 2. The molecule has 2 aliphatic carbocycles. The first-order valence-corrected chi connectivity index (χ1v) is 9.41. The van der Waals surface area contributed by atoms with Crippen LogP contribution >= 0.6 is 24.0 Å². The average Bonchev–Trinajstić information content (AvgIpc) is 2.58. The molecule has 3 fully saturated rings. The summed E-state index contributed by atoms with van der Waals surface area (Å²) in [5.74, 6) is -0.125. The fourth-order valence-electron chi connectivity index (χ4n) is 4.95. The molecule has 2 N–H and O–H groups in total. The number of halogens is 4. The summed E-state index contributed by atoms with van der Waals surface area (Å²) in [5.41, 5.74) is 0.00375. The van der Waals surface area contributed by atoms with Crippen molar-refractivity contribution >= 4 is 29.9 Å². The average molecular weight is 489 g/mol. The molecule has 1 aliphatic heterocycles. The number of fused-ring (bicyclic) bond motifs is 1. The highest BCUT2D eigenvalue weighted by molar-refractivity contribution is 14.0. The van der Waals surface area contributed by atoms with Gasteiger partial charge in [0, 0.05) is 37.1 Å². The van der Waals surface area contributed by atoms with Crippen LogP contribution in [-0.4, -0.2) is 44.0 Å². The van der Waals surface area contributed by atoms with Gasteiger partial charge in [-0.1, -0.05) is 20.3 Å². The van der Waals surface area contributed by atoms with Crippen molar-refractivity contribution in [1.82, 2.24) is 10.6 Å². The van der Waals surface area contributed by atoms with Crippen molar-refractivity contribution in [3.8, 4) is 0 Å². The second kappa shape index (κ2) is 8.41. The minimum atomic E-state index is -4.10. The van der Waals surface area contributed by atoms with Gasteiger partial charge in [-0.2, -0.15) is 13.2 Å². The fourth-order valence-corrected chi connectivity index (χ4v) is 4.95. The summed E-state index contributed by atoms with van der Waals surface area (Å²) in [6, 6.07) is 0.0687. The van der Waals surface area contributed by atoms with Gasteiger partial charge in [0.25, 0.3) is 0 Å². The summed E-state index contributed by atoms with van der Waals surface area (Å²) < 4.78 is 44.9. The standard InChI is InChI=1S/C18H30F3N3O.HI/c1-17(2)14(13-8-5-9-25-15(13)17)24-16(22-3)23-12-7-4-6-11(10-12)18(19,20)21;/h11-15H,4-10H2,1-3H3,(H2,22,23,24);1H. The SMILES string of the molecule is CN=C(NC1CCCC(C(F)(F)F)C1)NC1C2CCCOC2C1(C)C.I. The van der Waals surface area contributed by atoms with Crippen molar-refractivity contribution in [3.63, 3.8) is 0 Å². The zero-order chi connectivity index (χ0) is 18.2. The smallest absolute Gasteiger partial charge is 0.377 e. The fraction of sp³-hybridized carbons (Fsp3) is 0.944. The molecular formula is C18H31F3IN3O. The Morgan fingerprint density at radius 2 is 1.85 bits per heavy atom. The van der Waals surface area contributed by atoms with Crippen molar-refractivity contribution in [2.75, 3.05) is 13.7 Å². The van der Waals surface area contributed by atoms with Gasteiger partial charge >= 0.3 is 6.18 Å². The third-order valence-electron chi connectivity index (χ3n) is 6.32. The van der Waals surface area contributed by atoms with Gasteiger partial charge in [-0.3, -0.25) is 4.99 Å². The Labute approximate surface area is 171 Å². The van der Waals surface area contributed by atoms with E-state index in [4.69, 9.17) is 4.74 Å². The second-order valence-corrected chi connectivity index (χ2v) is 8.36. The molecule has 5 atom stereocenters. The number of guanidine groups is 1. The van der Waals surface area contributed by atoms with Crippen molar-refractivity contribution < 1.29 is 17.9 Å². The maximum Gasteiger partial charge on any atom is 0.391 e. The summed E-state index contributed by atoms with van der Waals surface area (Å²) in [6.45, 7) is 5.20. The normalized spacial score (nSPS) is 37.0. The lowest BCUT2D eigenvalue weighted by molar-refractivity contribution is -0.188. The Morgan fingerprint density at radius 1 is 1.12 bits per heavy atom. The molecule has 0 aromatic rings. The molecule has 4 nitrogen and oxygen atoms in total. The molecule has 3 aliphatic rings. The number of nitrogens with one attached hydrogen (secondary N) is 2. The van der Waals surface area contributed by atoms with Gasteiger partial charge in [0.1, 0.15) is 0 Å². The second-order valence-electron chi connectivity index (χ2n) is 8.36. The summed E-state index contributed by atoms with van der Waals surface area (Å²) in [6.07, 6.45) is 0.0986. The van der Waals surface area contributed by atoms with E-state index >= 15 is 0 Å². The van der Waals surface area contributed by atoms with E-state index < -0.39 is 12.1 Å². The van der Waals surface area contributed by atoms with Crippen LogP contribution in [0.3, 0.4) is 0 Å². The van der Waals surface area contributed by atoms with E-state index in [9.17, 15) is 13.2 Å². The molecule has 3 rings (SSSR count). The molecule has 26 heavy (non-hydrogen) atoms. The summed E-state index contributed by atoms with van der Waals surface area (Å²) in [5, 5.41) is 6.71. The lowest BCUT2D eigenvalue weighted by Crippen LogP contribution is -2.71. The molecular weight excluding hydrogens is 458 g/mol. The van der Waals surface area contributed by atoms with Crippen molar-refractivity contribution in [3.05, 3.63) is 0 Å². The predicted molar refractivity (Wildman–Crippen MR) is 107 cm³/mol. The van der Waals surface area contributed by atoms with Crippen LogP contribution in [0.25, 0.3) is 0 Å². The number of hydrogen-bond acceptors (Lipinski definition) is 2. The third kappa shape index (κ3) is 4.42. The van der Waals surface area contributed by atoms with E-state index in [1.54, 1.807) is 7.05 Å². The number of rotatable bonds is 2. The van der Waals surface area contributed by atoms with Gasteiger partial charge in [0.05, 0.1) is 12.0 Å². The zero-order valence-electron chi connectivity index (χ0n) is 15.7. The minimum Gasteiger partial charge on any atom is -0.377 e. The van der Waals surface area contributed by atoms with E-state index in [1.807, 2.05) is 0 Å². The quantitative estimate of drug-likeness (QED) is 0.349. The highest BCUT2D eigenvalue weighted by Crippen LogP contribution is 2.51. The van der Waals surface area contributed by atoms with E-state index in [0.29, 0.717) is 18.3 Å². The van der Waals surface area contributed by atoms with Gasteiger partial charge in [-0.15, -0.1) is 24.0 Å². The molecule has 0 bridgehead atoms. The Kier molecular flexibility index (Phi) is 7.13. The predicted octanol–water partition coefficient (Wildman–Crippen LogP) is 4.09. The number of alkyl halides is 3. The first kappa shape index (κ1) is 22.0. The van der Waals surface area contributed by atoms with E-state index in [-0.39, 0.29) is 60.4 Å². The highest BCUT2D eigenvalue weighted by Gasteiger charge is 2.58. The minimum absolute atomic E-state index is 0. The molecule has 0 amide bonds. The Balaban J connectivity index is 0.00000243.